The first-order chi connectivity index (χ1) is 6.90. The van der Waals surface area contributed by atoms with Crippen LogP contribution in [0.3, 0.4) is 0 Å². The summed E-state index contributed by atoms with van der Waals surface area (Å²) in [5, 5.41) is 12.6. The Labute approximate surface area is 87.1 Å². The van der Waals surface area contributed by atoms with Crippen molar-refractivity contribution in [2.75, 3.05) is 13.2 Å². The van der Waals surface area contributed by atoms with Crippen LogP contribution in [0.4, 0.5) is 0 Å². The third-order valence-corrected chi connectivity index (χ3v) is 4.05. The molecule has 2 unspecified atom stereocenters. The van der Waals surface area contributed by atoms with E-state index in [0.29, 0.717) is 6.61 Å². The van der Waals surface area contributed by atoms with Crippen LogP contribution in [0.15, 0.2) is 0 Å². The van der Waals surface area contributed by atoms with E-state index < -0.39 is 0 Å². The van der Waals surface area contributed by atoms with Gasteiger partial charge in [-0.2, -0.15) is 0 Å². The molecule has 2 atom stereocenters. The zero-order chi connectivity index (χ0) is 9.80. The van der Waals surface area contributed by atoms with Crippen molar-refractivity contribution in [1.82, 2.24) is 5.32 Å². The van der Waals surface area contributed by atoms with Crippen LogP contribution in [0, 0.1) is 11.8 Å². The number of hydrogen-bond donors (Lipinski definition) is 2. The molecule has 2 aliphatic rings. The normalized spacial score (nSPS) is 34.9. The van der Waals surface area contributed by atoms with E-state index in [2.05, 4.69) is 5.32 Å². The van der Waals surface area contributed by atoms with Crippen LogP contribution >= 0.6 is 0 Å². The van der Waals surface area contributed by atoms with E-state index in [0.717, 1.165) is 24.3 Å². The van der Waals surface area contributed by atoms with Crippen molar-refractivity contribution < 1.29 is 5.11 Å². The third kappa shape index (κ3) is 2.48. The predicted molar refractivity (Wildman–Crippen MR) is 58.2 cm³/mol. The Morgan fingerprint density at radius 2 is 1.93 bits per heavy atom. The number of hydrogen-bond acceptors (Lipinski definition) is 2. The number of piperidine rings is 1. The molecule has 1 saturated carbocycles. The van der Waals surface area contributed by atoms with E-state index in [9.17, 15) is 0 Å². The second kappa shape index (κ2) is 5.13. The van der Waals surface area contributed by atoms with Crippen LogP contribution in [-0.2, 0) is 0 Å². The number of aliphatic hydroxyl groups is 1. The largest absolute Gasteiger partial charge is 0.396 e. The standard InChI is InChI=1S/C12H23NO/c14-8-6-10-5-7-13-12(9-10)11-3-1-2-4-11/h10-14H,1-9H2. The molecule has 1 heterocycles. The topological polar surface area (TPSA) is 32.3 Å². The molecule has 0 bridgehead atoms. The number of aliphatic hydroxyl groups excluding tert-OH is 1. The van der Waals surface area contributed by atoms with Gasteiger partial charge < -0.3 is 10.4 Å². The molecular formula is C12H23NO. The molecule has 0 amide bonds. The van der Waals surface area contributed by atoms with Crippen molar-refractivity contribution in [2.45, 2.75) is 51.0 Å². The summed E-state index contributed by atoms with van der Waals surface area (Å²) in [6, 6.07) is 0.766. The second-order valence-electron chi connectivity index (χ2n) is 5.01. The lowest BCUT2D eigenvalue weighted by molar-refractivity contribution is 0.191. The molecule has 0 aromatic rings. The molecule has 2 nitrogen and oxygen atoms in total. The van der Waals surface area contributed by atoms with E-state index in [1.807, 2.05) is 0 Å². The summed E-state index contributed by atoms with van der Waals surface area (Å²) >= 11 is 0. The van der Waals surface area contributed by atoms with Gasteiger partial charge in [0, 0.05) is 12.6 Å². The van der Waals surface area contributed by atoms with Crippen molar-refractivity contribution in [3.8, 4) is 0 Å². The molecule has 2 fully saturated rings. The van der Waals surface area contributed by atoms with Crippen LogP contribution in [0.25, 0.3) is 0 Å². The Balaban J connectivity index is 1.80. The van der Waals surface area contributed by atoms with Crippen LogP contribution < -0.4 is 5.32 Å². The maximum Gasteiger partial charge on any atom is 0.0433 e. The number of nitrogens with one attached hydrogen (secondary N) is 1. The van der Waals surface area contributed by atoms with Crippen molar-refractivity contribution in [3.63, 3.8) is 0 Å². The zero-order valence-corrected chi connectivity index (χ0v) is 9.04. The van der Waals surface area contributed by atoms with Gasteiger partial charge >= 0.3 is 0 Å². The monoisotopic (exact) mass is 197 g/mol. The summed E-state index contributed by atoms with van der Waals surface area (Å²) in [5.74, 6) is 1.73. The maximum atomic E-state index is 8.95. The highest BCUT2D eigenvalue weighted by atomic mass is 16.3. The Morgan fingerprint density at radius 3 is 2.64 bits per heavy atom. The Kier molecular flexibility index (Phi) is 3.82. The smallest absolute Gasteiger partial charge is 0.0433 e. The lowest BCUT2D eigenvalue weighted by Crippen LogP contribution is -2.42. The van der Waals surface area contributed by atoms with Gasteiger partial charge in [-0.15, -0.1) is 0 Å². The second-order valence-corrected chi connectivity index (χ2v) is 5.01. The first-order valence-electron chi connectivity index (χ1n) is 6.24. The molecule has 82 valence electrons. The average molecular weight is 197 g/mol. The minimum atomic E-state index is 0.377. The minimum Gasteiger partial charge on any atom is -0.396 e. The van der Waals surface area contributed by atoms with Gasteiger partial charge in [0.25, 0.3) is 0 Å². The van der Waals surface area contributed by atoms with Crippen molar-refractivity contribution in [2.24, 2.45) is 11.8 Å². The fourth-order valence-corrected chi connectivity index (χ4v) is 3.20. The molecule has 2 heteroatoms. The van der Waals surface area contributed by atoms with Crippen LogP contribution in [0.1, 0.15) is 44.9 Å². The SMILES string of the molecule is OCCC1CCNC(C2CCCC2)C1. The van der Waals surface area contributed by atoms with E-state index in [1.165, 1.54) is 45.1 Å². The van der Waals surface area contributed by atoms with E-state index in [1.54, 1.807) is 0 Å². The van der Waals surface area contributed by atoms with Gasteiger partial charge in [-0.05, 0) is 50.5 Å². The van der Waals surface area contributed by atoms with Crippen LogP contribution in [0.5, 0.6) is 0 Å². The zero-order valence-electron chi connectivity index (χ0n) is 9.04. The van der Waals surface area contributed by atoms with Crippen molar-refractivity contribution in [1.29, 1.82) is 0 Å². The molecule has 14 heavy (non-hydrogen) atoms. The summed E-state index contributed by atoms with van der Waals surface area (Å²) in [6.45, 7) is 1.55. The van der Waals surface area contributed by atoms with Gasteiger partial charge in [0.15, 0.2) is 0 Å². The Morgan fingerprint density at radius 1 is 1.14 bits per heavy atom. The summed E-state index contributed by atoms with van der Waals surface area (Å²) in [6.07, 6.45) is 9.34. The quantitative estimate of drug-likeness (QED) is 0.724. The summed E-state index contributed by atoms with van der Waals surface area (Å²) < 4.78 is 0. The van der Waals surface area contributed by atoms with Gasteiger partial charge in [0.1, 0.15) is 0 Å². The molecule has 0 aromatic carbocycles. The highest BCUT2D eigenvalue weighted by Gasteiger charge is 2.29. The van der Waals surface area contributed by atoms with Gasteiger partial charge in [0.05, 0.1) is 0 Å². The molecule has 0 radical (unpaired) electrons. The number of rotatable bonds is 3. The average Bonchev–Trinajstić information content (AvgIpc) is 2.71. The van der Waals surface area contributed by atoms with Gasteiger partial charge in [-0.1, -0.05) is 12.8 Å². The summed E-state index contributed by atoms with van der Waals surface area (Å²) in [7, 11) is 0. The fourth-order valence-electron chi connectivity index (χ4n) is 3.20. The predicted octanol–water partition coefficient (Wildman–Crippen LogP) is 1.93. The molecule has 0 aromatic heterocycles. The fraction of sp³-hybridized carbons (Fsp3) is 1.00. The van der Waals surface area contributed by atoms with E-state index in [4.69, 9.17) is 5.11 Å². The summed E-state index contributed by atoms with van der Waals surface area (Å²) in [5.41, 5.74) is 0. The van der Waals surface area contributed by atoms with Crippen LogP contribution in [0.2, 0.25) is 0 Å². The minimum absolute atomic E-state index is 0.377. The van der Waals surface area contributed by atoms with Gasteiger partial charge in [-0.3, -0.25) is 0 Å². The van der Waals surface area contributed by atoms with E-state index >= 15 is 0 Å². The van der Waals surface area contributed by atoms with Crippen molar-refractivity contribution >= 4 is 0 Å². The molecule has 1 aliphatic carbocycles. The Hall–Kier alpha value is -0.0800. The lowest BCUT2D eigenvalue weighted by Gasteiger charge is -2.33. The van der Waals surface area contributed by atoms with Gasteiger partial charge in [-0.25, -0.2) is 0 Å². The maximum absolute atomic E-state index is 8.95. The molecular weight excluding hydrogens is 174 g/mol. The molecule has 1 aliphatic heterocycles. The highest BCUT2D eigenvalue weighted by Crippen LogP contribution is 2.33. The lowest BCUT2D eigenvalue weighted by atomic mass is 9.83. The highest BCUT2D eigenvalue weighted by molar-refractivity contribution is 4.86. The summed E-state index contributed by atoms with van der Waals surface area (Å²) in [4.78, 5) is 0. The first-order valence-corrected chi connectivity index (χ1v) is 6.24. The molecule has 2 N–H and O–H groups in total. The molecule has 0 spiro atoms. The third-order valence-electron chi connectivity index (χ3n) is 4.05. The van der Waals surface area contributed by atoms with Crippen molar-refractivity contribution in [3.05, 3.63) is 0 Å². The van der Waals surface area contributed by atoms with Gasteiger partial charge in [0.2, 0.25) is 0 Å². The van der Waals surface area contributed by atoms with Crippen LogP contribution in [-0.4, -0.2) is 24.3 Å². The Bertz CT molecular complexity index is 164. The van der Waals surface area contributed by atoms with E-state index in [-0.39, 0.29) is 0 Å². The molecule has 2 rings (SSSR count). The molecule has 1 saturated heterocycles. The first kappa shape index (κ1) is 10.4.